The van der Waals surface area contributed by atoms with E-state index in [1.165, 1.54) is 5.56 Å². The van der Waals surface area contributed by atoms with Crippen molar-refractivity contribution in [3.8, 4) is 11.3 Å². The Balaban J connectivity index is 1.34. The number of aromatic nitrogens is 5. The van der Waals surface area contributed by atoms with Crippen LogP contribution in [0.3, 0.4) is 0 Å². The van der Waals surface area contributed by atoms with Crippen LogP contribution in [0.4, 0.5) is 0 Å². The molecule has 3 aromatic rings. The standard InChI is InChI=1S/C23H26N6O2/c1-28-14-24-27-21(28)18-12-29(13-23(18)8-10-31-11-9-23)22(30)20-17-7-6-15-4-2-3-5-16(15)19(17)25-26-20/h2-5,14,18H,6-13H2,1H3,(H,25,26). The molecule has 2 aromatic heterocycles. The summed E-state index contributed by atoms with van der Waals surface area (Å²) in [5.41, 5.74) is 5.04. The molecule has 0 radical (unpaired) electrons. The molecule has 8 nitrogen and oxygen atoms in total. The Bertz CT molecular complexity index is 1140. The lowest BCUT2D eigenvalue weighted by Crippen LogP contribution is -2.38. The van der Waals surface area contributed by atoms with E-state index < -0.39 is 0 Å². The number of hydrogen-bond donors (Lipinski definition) is 1. The Morgan fingerprint density at radius 3 is 2.87 bits per heavy atom. The summed E-state index contributed by atoms with van der Waals surface area (Å²) in [6.45, 7) is 2.83. The lowest BCUT2D eigenvalue weighted by atomic mass is 9.72. The molecule has 1 aromatic carbocycles. The summed E-state index contributed by atoms with van der Waals surface area (Å²) in [7, 11) is 1.98. The molecule has 1 spiro atoms. The molecule has 31 heavy (non-hydrogen) atoms. The summed E-state index contributed by atoms with van der Waals surface area (Å²) >= 11 is 0. The fourth-order valence-corrected chi connectivity index (χ4v) is 5.77. The molecule has 8 heteroatoms. The van der Waals surface area contributed by atoms with Crippen molar-refractivity contribution in [2.45, 2.75) is 31.6 Å². The van der Waals surface area contributed by atoms with Gasteiger partial charge in [0.1, 0.15) is 17.8 Å². The van der Waals surface area contributed by atoms with Gasteiger partial charge in [0.15, 0.2) is 0 Å². The average molecular weight is 419 g/mol. The number of ether oxygens (including phenoxy) is 1. The minimum absolute atomic E-state index is 0.0125. The maximum atomic E-state index is 13.7. The molecule has 3 aliphatic rings. The number of benzene rings is 1. The molecule has 2 aliphatic heterocycles. The highest BCUT2D eigenvalue weighted by Crippen LogP contribution is 2.49. The van der Waals surface area contributed by atoms with Crippen LogP contribution in [0.5, 0.6) is 0 Å². The fraction of sp³-hybridized carbons (Fsp3) is 0.478. The number of hydrogen-bond acceptors (Lipinski definition) is 5. The Morgan fingerprint density at radius 2 is 2.06 bits per heavy atom. The highest BCUT2D eigenvalue weighted by molar-refractivity contribution is 5.96. The van der Waals surface area contributed by atoms with Gasteiger partial charge in [0.05, 0.1) is 5.69 Å². The van der Waals surface area contributed by atoms with Crippen molar-refractivity contribution in [2.75, 3.05) is 26.3 Å². The second-order valence-corrected chi connectivity index (χ2v) is 9.10. The van der Waals surface area contributed by atoms with Crippen molar-refractivity contribution in [1.82, 2.24) is 29.9 Å². The number of carbonyl (C=O) groups excluding carboxylic acids is 1. The molecule has 2 saturated heterocycles. The van der Waals surface area contributed by atoms with E-state index in [4.69, 9.17) is 4.74 Å². The van der Waals surface area contributed by atoms with Crippen molar-refractivity contribution < 1.29 is 9.53 Å². The lowest BCUT2D eigenvalue weighted by Gasteiger charge is -2.37. The first-order valence-corrected chi connectivity index (χ1v) is 11.0. The number of likely N-dealkylation sites (tertiary alicyclic amines) is 1. The third-order valence-electron chi connectivity index (χ3n) is 7.48. The molecule has 6 rings (SSSR count). The van der Waals surface area contributed by atoms with Crippen molar-refractivity contribution in [1.29, 1.82) is 0 Å². The van der Waals surface area contributed by atoms with E-state index in [9.17, 15) is 4.79 Å². The van der Waals surface area contributed by atoms with Crippen LogP contribution in [0.2, 0.25) is 0 Å². The summed E-state index contributed by atoms with van der Waals surface area (Å²) in [5, 5.41) is 16.2. The van der Waals surface area contributed by atoms with Crippen molar-refractivity contribution in [3.05, 3.63) is 53.2 Å². The van der Waals surface area contributed by atoms with Crippen LogP contribution in [0, 0.1) is 5.41 Å². The maximum absolute atomic E-state index is 13.7. The van der Waals surface area contributed by atoms with Crippen molar-refractivity contribution >= 4 is 5.91 Å². The van der Waals surface area contributed by atoms with E-state index in [0.29, 0.717) is 12.2 Å². The Morgan fingerprint density at radius 1 is 1.23 bits per heavy atom. The number of nitrogens with zero attached hydrogens (tertiary/aromatic N) is 5. The molecule has 1 amide bonds. The van der Waals surface area contributed by atoms with Gasteiger partial charge < -0.3 is 14.2 Å². The molecule has 1 N–H and O–H groups in total. The molecule has 1 unspecified atom stereocenters. The van der Waals surface area contributed by atoms with Crippen LogP contribution in [-0.4, -0.2) is 62.1 Å². The summed E-state index contributed by atoms with van der Waals surface area (Å²) < 4.78 is 7.66. The smallest absolute Gasteiger partial charge is 0.272 e. The average Bonchev–Trinajstić information content (AvgIpc) is 3.51. The third kappa shape index (κ3) is 2.85. The fourth-order valence-electron chi connectivity index (χ4n) is 5.77. The van der Waals surface area contributed by atoms with Gasteiger partial charge in [-0.2, -0.15) is 5.10 Å². The first-order chi connectivity index (χ1) is 15.2. The zero-order valence-electron chi connectivity index (χ0n) is 17.7. The Kier molecular flexibility index (Phi) is 4.24. The van der Waals surface area contributed by atoms with E-state index in [-0.39, 0.29) is 17.2 Å². The lowest BCUT2D eigenvalue weighted by molar-refractivity contribution is 0.0108. The van der Waals surface area contributed by atoms with Gasteiger partial charge in [0.2, 0.25) is 0 Å². The molecule has 160 valence electrons. The van der Waals surface area contributed by atoms with E-state index in [1.807, 2.05) is 22.6 Å². The molecule has 0 bridgehead atoms. The summed E-state index contributed by atoms with van der Waals surface area (Å²) in [6, 6.07) is 8.34. The van der Waals surface area contributed by atoms with Crippen molar-refractivity contribution in [2.24, 2.45) is 12.5 Å². The predicted octanol–water partition coefficient (Wildman–Crippen LogP) is 2.34. The van der Waals surface area contributed by atoms with Crippen LogP contribution < -0.4 is 0 Å². The van der Waals surface area contributed by atoms with Gasteiger partial charge in [-0.25, -0.2) is 0 Å². The number of aryl methyl sites for hydroxylation is 2. The largest absolute Gasteiger partial charge is 0.381 e. The molecule has 4 heterocycles. The van der Waals surface area contributed by atoms with Gasteiger partial charge in [0, 0.05) is 55.8 Å². The summed E-state index contributed by atoms with van der Waals surface area (Å²) in [6.07, 6.45) is 5.39. The third-order valence-corrected chi connectivity index (χ3v) is 7.48. The normalized spacial score (nSPS) is 21.8. The Labute approximate surface area is 180 Å². The minimum Gasteiger partial charge on any atom is -0.381 e. The quantitative estimate of drug-likeness (QED) is 0.690. The van der Waals surface area contributed by atoms with Crippen LogP contribution in [0.25, 0.3) is 11.3 Å². The van der Waals surface area contributed by atoms with Gasteiger partial charge in [-0.15, -0.1) is 10.2 Å². The zero-order valence-corrected chi connectivity index (χ0v) is 17.7. The van der Waals surface area contributed by atoms with Gasteiger partial charge >= 0.3 is 0 Å². The van der Waals surface area contributed by atoms with Gasteiger partial charge in [-0.3, -0.25) is 9.89 Å². The van der Waals surface area contributed by atoms with Crippen LogP contribution in [-0.2, 0) is 24.6 Å². The highest BCUT2D eigenvalue weighted by Gasteiger charge is 2.51. The first-order valence-electron chi connectivity index (χ1n) is 11.0. The minimum atomic E-state index is -0.0125. The maximum Gasteiger partial charge on any atom is 0.272 e. The van der Waals surface area contributed by atoms with E-state index in [0.717, 1.165) is 68.1 Å². The number of amides is 1. The molecule has 2 fully saturated rings. The summed E-state index contributed by atoms with van der Waals surface area (Å²) in [5.74, 6) is 1.16. The summed E-state index contributed by atoms with van der Waals surface area (Å²) in [4.78, 5) is 15.7. The van der Waals surface area contributed by atoms with Crippen LogP contribution in [0.1, 0.15) is 46.2 Å². The monoisotopic (exact) mass is 418 g/mol. The van der Waals surface area contributed by atoms with Crippen LogP contribution in [0.15, 0.2) is 30.6 Å². The first kappa shape index (κ1) is 18.7. The molecule has 1 atom stereocenters. The molecular weight excluding hydrogens is 392 g/mol. The second-order valence-electron chi connectivity index (χ2n) is 9.10. The Hall–Kier alpha value is -3.00. The number of H-pyrrole nitrogens is 1. The molecule has 1 aliphatic carbocycles. The number of rotatable bonds is 2. The predicted molar refractivity (Wildman–Crippen MR) is 114 cm³/mol. The van der Waals surface area contributed by atoms with E-state index >= 15 is 0 Å². The van der Waals surface area contributed by atoms with Gasteiger partial charge in [-0.05, 0) is 31.2 Å². The number of carbonyl (C=O) groups is 1. The topological polar surface area (TPSA) is 88.9 Å². The van der Waals surface area contributed by atoms with E-state index in [1.54, 1.807) is 6.33 Å². The van der Waals surface area contributed by atoms with Gasteiger partial charge in [-0.1, -0.05) is 24.3 Å². The van der Waals surface area contributed by atoms with Crippen molar-refractivity contribution in [3.63, 3.8) is 0 Å². The zero-order chi connectivity index (χ0) is 21.0. The van der Waals surface area contributed by atoms with Crippen LogP contribution >= 0.6 is 0 Å². The molecule has 0 saturated carbocycles. The number of aromatic amines is 1. The van der Waals surface area contributed by atoms with E-state index in [2.05, 4.69) is 38.6 Å². The number of nitrogens with one attached hydrogen (secondary N) is 1. The molecular formula is C23H26N6O2. The second kappa shape index (κ2) is 7.02. The highest BCUT2D eigenvalue weighted by atomic mass is 16.5. The SMILES string of the molecule is Cn1cnnc1C1CN(C(=O)c2[nH]nc3c2CCc2ccccc2-3)CC12CCOCC2. The number of fused-ring (bicyclic) bond motifs is 3. The van der Waals surface area contributed by atoms with Gasteiger partial charge in [0.25, 0.3) is 5.91 Å².